The number of benzene rings is 1. The number of hydrogen-bond donors (Lipinski definition) is 2. The van der Waals surface area contributed by atoms with Crippen LogP contribution >= 0.6 is 0 Å². The molecule has 3 nitrogen and oxygen atoms in total. The molecule has 2 atom stereocenters. The van der Waals surface area contributed by atoms with Crippen LogP contribution in [-0.4, -0.2) is 20.0 Å². The fraction of sp³-hybridized carbons (Fsp3) is 0.625. The SMILES string of the molecule is CC(N[S@+]([O-])C(C)(C)C)c1cccc(C(F)(F)C(C)(C)O)c1F. The van der Waals surface area contributed by atoms with Gasteiger partial charge in [-0.05, 0) is 47.6 Å². The Morgan fingerprint density at radius 1 is 1.17 bits per heavy atom. The summed E-state index contributed by atoms with van der Waals surface area (Å²) >= 11 is -1.47. The largest absolute Gasteiger partial charge is 0.598 e. The van der Waals surface area contributed by atoms with Gasteiger partial charge in [-0.3, -0.25) is 0 Å². The van der Waals surface area contributed by atoms with Crippen LogP contribution in [0.1, 0.15) is 58.7 Å². The lowest BCUT2D eigenvalue weighted by atomic mass is 9.91. The molecule has 1 aromatic rings. The highest BCUT2D eigenvalue weighted by atomic mass is 32.2. The van der Waals surface area contributed by atoms with E-state index in [9.17, 15) is 22.8 Å². The van der Waals surface area contributed by atoms with Crippen LogP contribution in [-0.2, 0) is 17.3 Å². The van der Waals surface area contributed by atoms with Gasteiger partial charge in [0.2, 0.25) is 0 Å². The van der Waals surface area contributed by atoms with Crippen LogP contribution in [0, 0.1) is 5.82 Å². The topological polar surface area (TPSA) is 55.3 Å². The third-order valence-electron chi connectivity index (χ3n) is 3.44. The van der Waals surface area contributed by atoms with Crippen molar-refractivity contribution in [2.45, 2.75) is 63.9 Å². The zero-order chi connectivity index (χ0) is 18.2. The van der Waals surface area contributed by atoms with Crippen LogP contribution < -0.4 is 4.72 Å². The summed E-state index contributed by atoms with van der Waals surface area (Å²) in [7, 11) is 0. The third kappa shape index (κ3) is 4.41. The van der Waals surface area contributed by atoms with Crippen LogP contribution in [0.15, 0.2) is 18.2 Å². The van der Waals surface area contributed by atoms with Crippen molar-refractivity contribution in [3.8, 4) is 0 Å². The van der Waals surface area contributed by atoms with Crippen molar-refractivity contribution >= 4 is 11.4 Å². The molecule has 0 aliphatic heterocycles. The maximum Gasteiger partial charge on any atom is 0.303 e. The molecule has 0 spiro atoms. The summed E-state index contributed by atoms with van der Waals surface area (Å²) in [6.45, 7) is 8.65. The molecule has 1 unspecified atom stereocenters. The Balaban J connectivity index is 3.20. The summed E-state index contributed by atoms with van der Waals surface area (Å²) < 4.78 is 57.3. The maximum atomic E-state index is 14.6. The molecule has 0 aromatic heterocycles. The van der Waals surface area contributed by atoms with Gasteiger partial charge in [0, 0.05) is 16.9 Å². The highest BCUT2D eigenvalue weighted by Crippen LogP contribution is 2.41. The number of hydrogen-bond acceptors (Lipinski definition) is 3. The molecule has 0 saturated carbocycles. The molecule has 1 rings (SSSR count). The van der Waals surface area contributed by atoms with Gasteiger partial charge in [0.05, 0.1) is 11.6 Å². The van der Waals surface area contributed by atoms with Crippen molar-refractivity contribution in [1.29, 1.82) is 0 Å². The van der Waals surface area contributed by atoms with Crippen molar-refractivity contribution in [2.75, 3.05) is 0 Å². The first kappa shape index (κ1) is 20.3. The summed E-state index contributed by atoms with van der Waals surface area (Å²) in [5.74, 6) is -4.86. The number of rotatable bonds is 5. The predicted octanol–water partition coefficient (Wildman–Crippen LogP) is 3.80. The monoisotopic (exact) mass is 351 g/mol. The Bertz CT molecular complexity index is 553. The molecule has 0 amide bonds. The van der Waals surface area contributed by atoms with Crippen LogP contribution in [0.25, 0.3) is 0 Å². The minimum absolute atomic E-state index is 0.0241. The lowest BCUT2D eigenvalue weighted by Crippen LogP contribution is -2.42. The highest BCUT2D eigenvalue weighted by molar-refractivity contribution is 7.90. The average molecular weight is 351 g/mol. The van der Waals surface area contributed by atoms with E-state index in [1.807, 2.05) is 0 Å². The predicted molar refractivity (Wildman–Crippen MR) is 86.0 cm³/mol. The molecule has 0 fully saturated rings. The number of alkyl halides is 2. The van der Waals surface area contributed by atoms with E-state index in [1.54, 1.807) is 27.7 Å². The Kier molecular flexibility index (Phi) is 5.84. The van der Waals surface area contributed by atoms with E-state index in [0.717, 1.165) is 19.9 Å². The lowest BCUT2D eigenvalue weighted by molar-refractivity contribution is -0.170. The summed E-state index contributed by atoms with van der Waals surface area (Å²) in [5, 5.41) is 9.62. The van der Waals surface area contributed by atoms with Crippen LogP contribution in [0.3, 0.4) is 0 Å². The van der Waals surface area contributed by atoms with E-state index >= 15 is 0 Å². The minimum atomic E-state index is -3.75. The van der Waals surface area contributed by atoms with E-state index in [1.165, 1.54) is 12.1 Å². The van der Waals surface area contributed by atoms with Gasteiger partial charge >= 0.3 is 5.92 Å². The lowest BCUT2D eigenvalue weighted by Gasteiger charge is -2.31. The van der Waals surface area contributed by atoms with E-state index in [4.69, 9.17) is 0 Å². The third-order valence-corrected chi connectivity index (χ3v) is 5.12. The number of halogens is 3. The quantitative estimate of drug-likeness (QED) is 0.794. The second-order valence-electron chi connectivity index (χ2n) is 7.06. The Labute approximate surface area is 138 Å². The minimum Gasteiger partial charge on any atom is -0.598 e. The summed E-state index contributed by atoms with van der Waals surface area (Å²) in [6.07, 6.45) is 0. The van der Waals surface area contributed by atoms with E-state index in [2.05, 4.69) is 4.72 Å². The normalized spacial score (nSPS) is 16.3. The van der Waals surface area contributed by atoms with Gasteiger partial charge in [-0.15, -0.1) is 4.72 Å². The molecule has 0 saturated heterocycles. The second-order valence-corrected chi connectivity index (χ2v) is 9.06. The van der Waals surface area contributed by atoms with E-state index in [0.29, 0.717) is 0 Å². The molecule has 0 bridgehead atoms. The fourth-order valence-corrected chi connectivity index (χ4v) is 2.66. The smallest absolute Gasteiger partial charge is 0.303 e. The number of aliphatic hydroxyl groups is 1. The molecule has 0 heterocycles. The highest BCUT2D eigenvalue weighted by Gasteiger charge is 2.49. The van der Waals surface area contributed by atoms with Gasteiger partial charge in [-0.1, -0.05) is 12.1 Å². The van der Waals surface area contributed by atoms with Crippen LogP contribution in [0.4, 0.5) is 13.2 Å². The van der Waals surface area contributed by atoms with Crippen LogP contribution in [0.5, 0.6) is 0 Å². The van der Waals surface area contributed by atoms with Gasteiger partial charge in [0.1, 0.15) is 16.2 Å². The fourth-order valence-electron chi connectivity index (χ4n) is 1.86. The van der Waals surface area contributed by atoms with Crippen molar-refractivity contribution in [1.82, 2.24) is 4.72 Å². The van der Waals surface area contributed by atoms with Gasteiger partial charge in [0.15, 0.2) is 0 Å². The van der Waals surface area contributed by atoms with Crippen molar-refractivity contribution < 1.29 is 22.8 Å². The summed E-state index contributed by atoms with van der Waals surface area (Å²) in [5.41, 5.74) is -3.31. The zero-order valence-corrected chi connectivity index (χ0v) is 15.0. The van der Waals surface area contributed by atoms with Gasteiger partial charge in [0.25, 0.3) is 0 Å². The zero-order valence-electron chi connectivity index (χ0n) is 14.2. The van der Waals surface area contributed by atoms with E-state index in [-0.39, 0.29) is 5.56 Å². The van der Waals surface area contributed by atoms with Crippen molar-refractivity contribution in [2.24, 2.45) is 0 Å². The molecular formula is C16H24F3NO2S. The average Bonchev–Trinajstić information content (AvgIpc) is 2.35. The molecular weight excluding hydrogens is 327 g/mol. The summed E-state index contributed by atoms with van der Waals surface area (Å²) in [6, 6.07) is 2.87. The summed E-state index contributed by atoms with van der Waals surface area (Å²) in [4.78, 5) is 0. The number of nitrogens with one attached hydrogen (secondary N) is 1. The Morgan fingerprint density at radius 3 is 2.13 bits per heavy atom. The van der Waals surface area contributed by atoms with Gasteiger partial charge < -0.3 is 9.66 Å². The standard InChI is InChI=1S/C16H24F3NO2S/c1-10(20-23(22)14(2,3)4)11-8-7-9-12(13(11)17)16(18,19)15(5,6)21/h7-10,20-21H,1-6H3/t10?,23-/m1/s1. The van der Waals surface area contributed by atoms with Gasteiger partial charge in [-0.2, -0.15) is 8.78 Å². The Hall–Kier alpha value is -0.760. The first-order chi connectivity index (χ1) is 10.2. The first-order valence-corrected chi connectivity index (χ1v) is 8.41. The molecule has 23 heavy (non-hydrogen) atoms. The van der Waals surface area contributed by atoms with E-state index < -0.39 is 45.1 Å². The second kappa shape index (κ2) is 6.63. The maximum absolute atomic E-state index is 14.6. The molecule has 132 valence electrons. The van der Waals surface area contributed by atoms with Gasteiger partial charge in [-0.25, -0.2) is 4.39 Å². The van der Waals surface area contributed by atoms with Crippen molar-refractivity contribution in [3.63, 3.8) is 0 Å². The Morgan fingerprint density at radius 2 is 1.70 bits per heavy atom. The first-order valence-electron chi connectivity index (χ1n) is 7.26. The molecule has 0 aliphatic carbocycles. The van der Waals surface area contributed by atoms with Crippen LogP contribution in [0.2, 0.25) is 0 Å². The molecule has 1 aromatic carbocycles. The van der Waals surface area contributed by atoms with Crippen molar-refractivity contribution in [3.05, 3.63) is 35.1 Å². The molecule has 7 heteroatoms. The molecule has 0 radical (unpaired) electrons. The molecule has 2 N–H and O–H groups in total. The molecule has 0 aliphatic rings.